The van der Waals surface area contributed by atoms with Crippen LogP contribution in [0.1, 0.15) is 5.82 Å². The topological polar surface area (TPSA) is 47.0 Å². The fraction of sp³-hybridized carbons (Fsp3) is 0.200. The molecule has 0 fully saturated rings. The van der Waals surface area contributed by atoms with Crippen LogP contribution >= 0.6 is 11.5 Å². The first kappa shape index (κ1) is 12.9. The molecule has 0 saturated carbocycles. The monoisotopic (exact) mass is 285 g/mol. The van der Waals surface area contributed by atoms with Gasteiger partial charge in [0.1, 0.15) is 18.2 Å². The van der Waals surface area contributed by atoms with Crippen LogP contribution in [0.3, 0.4) is 0 Å². The minimum absolute atomic E-state index is 0.590. The molecule has 0 aliphatic heterocycles. The van der Waals surface area contributed by atoms with Crippen LogP contribution in [0.2, 0.25) is 0 Å². The highest BCUT2D eigenvalue weighted by Crippen LogP contribution is 2.24. The van der Waals surface area contributed by atoms with Crippen molar-refractivity contribution in [3.63, 3.8) is 0 Å². The van der Waals surface area contributed by atoms with Gasteiger partial charge in [-0.1, -0.05) is 36.4 Å². The van der Waals surface area contributed by atoms with E-state index in [1.54, 1.807) is 0 Å². The summed E-state index contributed by atoms with van der Waals surface area (Å²) in [7, 11) is 0. The van der Waals surface area contributed by atoms with Gasteiger partial charge < -0.3 is 10.1 Å². The minimum Gasteiger partial charge on any atom is -0.491 e. The molecule has 3 rings (SSSR count). The summed E-state index contributed by atoms with van der Waals surface area (Å²) in [6.07, 6.45) is 0. The molecule has 0 aliphatic rings. The van der Waals surface area contributed by atoms with Gasteiger partial charge in [0.25, 0.3) is 0 Å². The first-order valence-corrected chi connectivity index (χ1v) is 7.25. The molecule has 0 bridgehead atoms. The van der Waals surface area contributed by atoms with E-state index in [2.05, 4.69) is 32.9 Å². The SMILES string of the molecule is Cc1nsc(NCCOc2cccc3ccccc23)n1. The van der Waals surface area contributed by atoms with E-state index >= 15 is 0 Å². The van der Waals surface area contributed by atoms with Crippen LogP contribution in [0, 0.1) is 6.92 Å². The number of benzene rings is 2. The summed E-state index contributed by atoms with van der Waals surface area (Å²) in [6, 6.07) is 14.3. The molecule has 0 aliphatic carbocycles. The molecule has 5 heteroatoms. The van der Waals surface area contributed by atoms with E-state index < -0.39 is 0 Å². The van der Waals surface area contributed by atoms with Gasteiger partial charge in [0.05, 0.1) is 6.54 Å². The summed E-state index contributed by atoms with van der Waals surface area (Å²) in [5.74, 6) is 1.71. The van der Waals surface area contributed by atoms with Crippen LogP contribution in [-0.4, -0.2) is 22.5 Å². The van der Waals surface area contributed by atoms with Crippen molar-refractivity contribution >= 4 is 27.4 Å². The maximum atomic E-state index is 5.84. The van der Waals surface area contributed by atoms with Crippen molar-refractivity contribution < 1.29 is 4.74 Å². The predicted molar refractivity (Wildman–Crippen MR) is 82.6 cm³/mol. The zero-order valence-corrected chi connectivity index (χ0v) is 12.0. The lowest BCUT2D eigenvalue weighted by Crippen LogP contribution is -2.11. The van der Waals surface area contributed by atoms with Crippen LogP contribution < -0.4 is 10.1 Å². The fourth-order valence-electron chi connectivity index (χ4n) is 2.01. The Morgan fingerprint density at radius 3 is 2.85 bits per heavy atom. The van der Waals surface area contributed by atoms with E-state index in [9.17, 15) is 0 Å². The van der Waals surface area contributed by atoms with Crippen molar-refractivity contribution in [1.82, 2.24) is 9.36 Å². The summed E-state index contributed by atoms with van der Waals surface area (Å²) >= 11 is 1.37. The van der Waals surface area contributed by atoms with Crippen molar-refractivity contribution in [2.45, 2.75) is 6.92 Å². The second kappa shape index (κ2) is 5.88. The molecule has 1 heterocycles. The molecule has 0 amide bonds. The Morgan fingerprint density at radius 1 is 1.15 bits per heavy atom. The lowest BCUT2D eigenvalue weighted by atomic mass is 10.1. The fourth-order valence-corrected chi connectivity index (χ4v) is 2.61. The largest absolute Gasteiger partial charge is 0.491 e. The Bertz CT molecular complexity index is 706. The van der Waals surface area contributed by atoms with Crippen molar-refractivity contribution in [2.75, 3.05) is 18.5 Å². The van der Waals surface area contributed by atoms with Crippen molar-refractivity contribution in [3.8, 4) is 5.75 Å². The van der Waals surface area contributed by atoms with Gasteiger partial charge in [0, 0.05) is 16.9 Å². The maximum Gasteiger partial charge on any atom is 0.202 e. The van der Waals surface area contributed by atoms with Crippen LogP contribution in [-0.2, 0) is 0 Å². The number of fused-ring (bicyclic) bond motifs is 1. The summed E-state index contributed by atoms with van der Waals surface area (Å²) in [4.78, 5) is 4.25. The first-order valence-electron chi connectivity index (χ1n) is 6.48. The number of rotatable bonds is 5. The summed E-state index contributed by atoms with van der Waals surface area (Å²) < 4.78 is 9.96. The molecule has 0 unspecified atom stereocenters. The summed E-state index contributed by atoms with van der Waals surface area (Å²) in [5, 5.41) is 6.37. The van der Waals surface area contributed by atoms with Gasteiger partial charge in [-0.25, -0.2) is 4.98 Å². The number of anilines is 1. The zero-order valence-electron chi connectivity index (χ0n) is 11.2. The van der Waals surface area contributed by atoms with Crippen molar-refractivity contribution in [2.24, 2.45) is 0 Å². The Hall–Kier alpha value is -2.14. The minimum atomic E-state index is 0.590. The van der Waals surface area contributed by atoms with Crippen molar-refractivity contribution in [1.29, 1.82) is 0 Å². The quantitative estimate of drug-likeness (QED) is 0.729. The lowest BCUT2D eigenvalue weighted by Gasteiger charge is -2.09. The average molecular weight is 285 g/mol. The molecule has 0 saturated heterocycles. The predicted octanol–water partition coefficient (Wildman–Crippen LogP) is 3.49. The van der Waals surface area contributed by atoms with Crippen LogP contribution in [0.15, 0.2) is 42.5 Å². The number of aryl methyl sites for hydroxylation is 1. The van der Waals surface area contributed by atoms with E-state index in [0.29, 0.717) is 13.2 Å². The van der Waals surface area contributed by atoms with Gasteiger partial charge in [-0.15, -0.1) is 0 Å². The number of nitrogens with zero attached hydrogens (tertiary/aromatic N) is 2. The Kier molecular flexibility index (Phi) is 3.78. The highest BCUT2D eigenvalue weighted by Gasteiger charge is 2.02. The standard InChI is InChI=1S/C15H15N3OS/c1-11-17-15(20-18-11)16-9-10-19-14-8-4-6-12-5-2-3-7-13(12)14/h2-8H,9-10H2,1H3,(H,16,17,18). The van der Waals surface area contributed by atoms with Crippen molar-refractivity contribution in [3.05, 3.63) is 48.3 Å². The molecule has 0 atom stereocenters. The Morgan fingerprint density at radius 2 is 2.00 bits per heavy atom. The zero-order chi connectivity index (χ0) is 13.8. The van der Waals surface area contributed by atoms with Gasteiger partial charge in [-0.2, -0.15) is 4.37 Å². The van der Waals surface area contributed by atoms with Crippen LogP contribution in [0.5, 0.6) is 5.75 Å². The van der Waals surface area contributed by atoms with E-state index in [4.69, 9.17) is 4.74 Å². The van der Waals surface area contributed by atoms with Gasteiger partial charge in [-0.3, -0.25) is 0 Å². The molecule has 0 spiro atoms. The number of hydrogen-bond acceptors (Lipinski definition) is 5. The number of nitrogens with one attached hydrogen (secondary N) is 1. The number of ether oxygens (including phenoxy) is 1. The number of hydrogen-bond donors (Lipinski definition) is 1. The molecule has 3 aromatic rings. The molecule has 1 N–H and O–H groups in total. The van der Waals surface area contributed by atoms with Gasteiger partial charge in [0.2, 0.25) is 5.13 Å². The van der Waals surface area contributed by atoms with Crippen LogP contribution in [0.4, 0.5) is 5.13 Å². The second-order valence-corrected chi connectivity index (χ2v) is 5.15. The molecule has 102 valence electrons. The third kappa shape index (κ3) is 2.88. The van der Waals surface area contributed by atoms with E-state index in [0.717, 1.165) is 22.1 Å². The van der Waals surface area contributed by atoms with Gasteiger partial charge >= 0.3 is 0 Å². The second-order valence-electron chi connectivity index (χ2n) is 4.40. The molecule has 4 nitrogen and oxygen atoms in total. The molecule has 2 aromatic carbocycles. The highest BCUT2D eigenvalue weighted by atomic mass is 32.1. The van der Waals surface area contributed by atoms with E-state index in [-0.39, 0.29) is 0 Å². The molecular formula is C15H15N3OS. The maximum absolute atomic E-state index is 5.84. The molecule has 0 radical (unpaired) electrons. The molecule has 1 aromatic heterocycles. The Balaban J connectivity index is 1.60. The third-order valence-electron chi connectivity index (χ3n) is 2.91. The highest BCUT2D eigenvalue weighted by molar-refractivity contribution is 7.09. The summed E-state index contributed by atoms with van der Waals surface area (Å²) in [5.41, 5.74) is 0. The Labute approximate surface area is 121 Å². The van der Waals surface area contributed by atoms with E-state index in [1.807, 2.05) is 31.2 Å². The normalized spacial score (nSPS) is 10.7. The van der Waals surface area contributed by atoms with Crippen LogP contribution in [0.25, 0.3) is 10.8 Å². The number of aromatic nitrogens is 2. The van der Waals surface area contributed by atoms with Gasteiger partial charge in [-0.05, 0) is 18.4 Å². The van der Waals surface area contributed by atoms with E-state index in [1.165, 1.54) is 16.9 Å². The van der Waals surface area contributed by atoms with Gasteiger partial charge in [0.15, 0.2) is 0 Å². The first-order chi connectivity index (χ1) is 9.83. The summed E-state index contributed by atoms with van der Waals surface area (Å²) in [6.45, 7) is 3.18. The molecule has 20 heavy (non-hydrogen) atoms. The lowest BCUT2D eigenvalue weighted by molar-refractivity contribution is 0.337. The third-order valence-corrected chi connectivity index (χ3v) is 3.68. The smallest absolute Gasteiger partial charge is 0.202 e. The molecular weight excluding hydrogens is 270 g/mol. The average Bonchev–Trinajstić information content (AvgIpc) is 2.89.